The number of nitrogens with zero attached hydrogens (tertiary/aromatic N) is 1. The van der Waals surface area contributed by atoms with Gasteiger partial charge in [-0.3, -0.25) is 0 Å². The van der Waals surface area contributed by atoms with Crippen molar-refractivity contribution in [3.63, 3.8) is 0 Å². The second-order valence-electron chi connectivity index (χ2n) is 5.93. The van der Waals surface area contributed by atoms with Crippen molar-refractivity contribution in [3.05, 3.63) is 29.8 Å². The lowest BCUT2D eigenvalue weighted by Crippen LogP contribution is -2.36. The largest absolute Gasteiger partial charge is 0.444 e. The molecule has 0 radical (unpaired) electrons. The first-order valence-electron chi connectivity index (χ1n) is 6.48. The molecule has 1 amide bonds. The molecule has 1 unspecified atom stereocenters. The van der Waals surface area contributed by atoms with Crippen LogP contribution in [-0.4, -0.2) is 30.2 Å². The summed E-state index contributed by atoms with van der Waals surface area (Å²) < 4.78 is 5.32. The molecule has 0 aliphatic carbocycles. The predicted molar refractivity (Wildman–Crippen MR) is 78.1 cm³/mol. The summed E-state index contributed by atoms with van der Waals surface area (Å²) in [6, 6.07) is 7.73. The zero-order valence-corrected chi connectivity index (χ0v) is 12.4. The van der Waals surface area contributed by atoms with Crippen molar-refractivity contribution in [1.29, 1.82) is 0 Å². The Bertz CT molecular complexity index is 421. The zero-order chi connectivity index (χ0) is 14.6. The number of hydrogen-bond acceptors (Lipinski definition) is 3. The summed E-state index contributed by atoms with van der Waals surface area (Å²) in [7, 11) is 1.75. The standard InChI is InChI=1S/C15H24N2O2/c1-11(12-6-8-13(16)9-7-12)10-17(5)14(18)19-15(2,3)4/h6-9,11H,10,16H2,1-5H3. The molecule has 0 saturated carbocycles. The molecule has 0 aromatic heterocycles. The van der Waals surface area contributed by atoms with Crippen LogP contribution in [0.2, 0.25) is 0 Å². The van der Waals surface area contributed by atoms with Crippen molar-refractivity contribution in [2.75, 3.05) is 19.3 Å². The number of hydrogen-bond donors (Lipinski definition) is 1. The van der Waals surface area contributed by atoms with Crippen LogP contribution in [0, 0.1) is 0 Å². The molecule has 106 valence electrons. The van der Waals surface area contributed by atoms with Crippen molar-refractivity contribution in [1.82, 2.24) is 4.90 Å². The van der Waals surface area contributed by atoms with Gasteiger partial charge in [-0.1, -0.05) is 19.1 Å². The van der Waals surface area contributed by atoms with Crippen LogP contribution in [0.15, 0.2) is 24.3 Å². The molecule has 19 heavy (non-hydrogen) atoms. The highest BCUT2D eigenvalue weighted by molar-refractivity contribution is 5.67. The Morgan fingerprint density at radius 3 is 2.32 bits per heavy atom. The number of likely N-dealkylation sites (N-methyl/N-ethyl adjacent to an activating group) is 1. The number of anilines is 1. The van der Waals surface area contributed by atoms with Gasteiger partial charge in [0.1, 0.15) is 5.60 Å². The van der Waals surface area contributed by atoms with E-state index < -0.39 is 5.60 Å². The van der Waals surface area contributed by atoms with Crippen LogP contribution in [0.25, 0.3) is 0 Å². The minimum Gasteiger partial charge on any atom is -0.444 e. The molecular formula is C15H24N2O2. The van der Waals surface area contributed by atoms with Gasteiger partial charge in [0.15, 0.2) is 0 Å². The van der Waals surface area contributed by atoms with E-state index in [1.165, 1.54) is 0 Å². The fraction of sp³-hybridized carbons (Fsp3) is 0.533. The first-order chi connectivity index (χ1) is 8.69. The lowest BCUT2D eigenvalue weighted by atomic mass is 10.0. The predicted octanol–water partition coefficient (Wildman–Crippen LogP) is 3.24. The van der Waals surface area contributed by atoms with Crippen LogP contribution in [0.3, 0.4) is 0 Å². The summed E-state index contributed by atoms with van der Waals surface area (Å²) in [6.45, 7) is 8.28. The fourth-order valence-corrected chi connectivity index (χ4v) is 1.76. The highest BCUT2D eigenvalue weighted by atomic mass is 16.6. The lowest BCUT2D eigenvalue weighted by Gasteiger charge is -2.26. The zero-order valence-electron chi connectivity index (χ0n) is 12.4. The molecule has 0 fully saturated rings. The normalized spacial score (nSPS) is 12.9. The minimum atomic E-state index is -0.463. The number of ether oxygens (including phenoxy) is 1. The number of benzene rings is 1. The number of amides is 1. The quantitative estimate of drug-likeness (QED) is 0.853. The van der Waals surface area contributed by atoms with Crippen molar-refractivity contribution in [2.24, 2.45) is 0 Å². The molecule has 4 nitrogen and oxygen atoms in total. The van der Waals surface area contributed by atoms with Crippen molar-refractivity contribution in [3.8, 4) is 0 Å². The molecular weight excluding hydrogens is 240 g/mol. The van der Waals surface area contributed by atoms with Crippen molar-refractivity contribution < 1.29 is 9.53 Å². The average molecular weight is 264 g/mol. The Hall–Kier alpha value is -1.71. The van der Waals surface area contributed by atoms with E-state index in [1.54, 1.807) is 11.9 Å². The molecule has 0 heterocycles. The molecule has 0 aliphatic rings. The first-order valence-corrected chi connectivity index (χ1v) is 6.48. The smallest absolute Gasteiger partial charge is 0.410 e. The topological polar surface area (TPSA) is 55.6 Å². The third-order valence-electron chi connectivity index (χ3n) is 2.76. The Morgan fingerprint density at radius 1 is 1.32 bits per heavy atom. The van der Waals surface area contributed by atoms with Gasteiger partial charge >= 0.3 is 6.09 Å². The number of rotatable bonds is 3. The van der Waals surface area contributed by atoms with E-state index in [9.17, 15) is 4.79 Å². The van der Waals surface area contributed by atoms with Gasteiger partial charge in [-0.25, -0.2) is 4.79 Å². The molecule has 0 spiro atoms. The second kappa shape index (κ2) is 5.95. The van der Waals surface area contributed by atoms with E-state index in [2.05, 4.69) is 6.92 Å². The Morgan fingerprint density at radius 2 is 1.84 bits per heavy atom. The van der Waals surface area contributed by atoms with Crippen LogP contribution in [-0.2, 0) is 4.74 Å². The average Bonchev–Trinajstić information content (AvgIpc) is 2.27. The maximum Gasteiger partial charge on any atom is 0.410 e. The molecule has 2 N–H and O–H groups in total. The Labute approximate surface area is 115 Å². The summed E-state index contributed by atoms with van der Waals surface area (Å²) in [5, 5.41) is 0. The van der Waals surface area contributed by atoms with Crippen LogP contribution in [0.5, 0.6) is 0 Å². The summed E-state index contributed by atoms with van der Waals surface area (Å²) in [5.74, 6) is 0.234. The highest BCUT2D eigenvalue weighted by Crippen LogP contribution is 2.18. The van der Waals surface area contributed by atoms with Crippen LogP contribution < -0.4 is 5.73 Å². The van der Waals surface area contributed by atoms with Gasteiger partial charge in [0.25, 0.3) is 0 Å². The van der Waals surface area contributed by atoms with E-state index in [0.717, 1.165) is 11.3 Å². The minimum absolute atomic E-state index is 0.234. The van der Waals surface area contributed by atoms with Gasteiger partial charge in [-0.05, 0) is 44.4 Å². The maximum atomic E-state index is 11.9. The van der Waals surface area contributed by atoms with E-state index >= 15 is 0 Å². The summed E-state index contributed by atoms with van der Waals surface area (Å²) in [6.07, 6.45) is -0.296. The molecule has 0 saturated heterocycles. The number of nitrogen functional groups attached to an aromatic ring is 1. The number of carbonyl (C=O) groups excluding carboxylic acids is 1. The number of nitrogens with two attached hydrogens (primary N) is 1. The van der Waals surface area contributed by atoms with Crippen LogP contribution in [0.4, 0.5) is 10.5 Å². The SMILES string of the molecule is CC(CN(C)C(=O)OC(C)(C)C)c1ccc(N)cc1. The van der Waals surface area contributed by atoms with Crippen LogP contribution >= 0.6 is 0 Å². The maximum absolute atomic E-state index is 11.9. The third kappa shape index (κ3) is 5.20. The molecule has 1 aromatic rings. The van der Waals surface area contributed by atoms with Crippen LogP contribution in [0.1, 0.15) is 39.2 Å². The van der Waals surface area contributed by atoms with E-state index in [4.69, 9.17) is 10.5 Å². The lowest BCUT2D eigenvalue weighted by molar-refractivity contribution is 0.0291. The Balaban J connectivity index is 2.59. The van der Waals surface area contributed by atoms with Crippen molar-refractivity contribution in [2.45, 2.75) is 39.2 Å². The van der Waals surface area contributed by atoms with Gasteiger partial charge in [0, 0.05) is 19.3 Å². The van der Waals surface area contributed by atoms with Crippen molar-refractivity contribution >= 4 is 11.8 Å². The van der Waals surface area contributed by atoms with Gasteiger partial charge in [0.2, 0.25) is 0 Å². The molecule has 0 bridgehead atoms. The highest BCUT2D eigenvalue weighted by Gasteiger charge is 2.21. The molecule has 1 aromatic carbocycles. The number of carbonyl (C=O) groups is 1. The fourth-order valence-electron chi connectivity index (χ4n) is 1.76. The summed E-state index contributed by atoms with van der Waals surface area (Å²) in [4.78, 5) is 13.5. The Kier molecular flexibility index (Phi) is 4.81. The first kappa shape index (κ1) is 15.3. The molecule has 0 aliphatic heterocycles. The third-order valence-corrected chi connectivity index (χ3v) is 2.76. The summed E-state index contributed by atoms with van der Waals surface area (Å²) >= 11 is 0. The molecule has 4 heteroatoms. The monoisotopic (exact) mass is 264 g/mol. The van der Waals surface area contributed by atoms with Gasteiger partial charge in [-0.15, -0.1) is 0 Å². The van der Waals surface area contributed by atoms with E-state index in [-0.39, 0.29) is 12.0 Å². The molecule has 1 atom stereocenters. The van der Waals surface area contributed by atoms with E-state index in [1.807, 2.05) is 45.0 Å². The van der Waals surface area contributed by atoms with E-state index in [0.29, 0.717) is 6.54 Å². The molecule has 1 rings (SSSR count). The van der Waals surface area contributed by atoms with Gasteiger partial charge in [-0.2, -0.15) is 0 Å². The van der Waals surface area contributed by atoms with Gasteiger partial charge in [0.05, 0.1) is 0 Å². The summed E-state index contributed by atoms with van der Waals surface area (Å²) in [5.41, 5.74) is 7.10. The van der Waals surface area contributed by atoms with Gasteiger partial charge < -0.3 is 15.4 Å². The second-order valence-corrected chi connectivity index (χ2v) is 5.93.